The highest BCUT2D eigenvalue weighted by atomic mass is 79.9. The molecule has 1 aromatic rings. The van der Waals surface area contributed by atoms with Crippen molar-refractivity contribution in [3.63, 3.8) is 0 Å². The van der Waals surface area contributed by atoms with Crippen LogP contribution in [-0.4, -0.2) is 5.91 Å². The van der Waals surface area contributed by atoms with Gasteiger partial charge in [-0.2, -0.15) is 0 Å². The molecular weight excluding hydrogens is 345 g/mol. The van der Waals surface area contributed by atoms with E-state index in [1.54, 1.807) is 0 Å². The van der Waals surface area contributed by atoms with Crippen LogP contribution in [0.25, 0.3) is 0 Å². The summed E-state index contributed by atoms with van der Waals surface area (Å²) in [6, 6.07) is 2.47. The molecule has 0 saturated heterocycles. The molecule has 0 saturated carbocycles. The van der Waals surface area contributed by atoms with E-state index in [4.69, 9.17) is 11.6 Å². The molecule has 2 nitrogen and oxygen atoms in total. The van der Waals surface area contributed by atoms with Gasteiger partial charge in [-0.15, -0.1) is 0 Å². The number of carbonyl (C=O) groups excluding carboxylic acids is 1. The molecule has 1 amide bonds. The summed E-state index contributed by atoms with van der Waals surface area (Å²) in [4.78, 5) is 11.8. The number of amides is 1. The lowest BCUT2D eigenvalue weighted by atomic mass is 10.1. The van der Waals surface area contributed by atoms with Crippen molar-refractivity contribution in [1.82, 2.24) is 0 Å². The summed E-state index contributed by atoms with van der Waals surface area (Å²) >= 11 is 9.11. The summed E-state index contributed by atoms with van der Waals surface area (Å²) in [6.07, 6.45) is 7.27. The highest BCUT2D eigenvalue weighted by Gasteiger charge is 2.11. The van der Waals surface area contributed by atoms with Crippen LogP contribution >= 0.6 is 27.5 Å². The Morgan fingerprint density at radius 1 is 1.25 bits per heavy atom. The van der Waals surface area contributed by atoms with Crippen LogP contribution in [0.3, 0.4) is 0 Å². The molecule has 1 aromatic carbocycles. The van der Waals surface area contributed by atoms with Gasteiger partial charge in [0, 0.05) is 10.9 Å². The van der Waals surface area contributed by atoms with E-state index in [1.165, 1.54) is 37.8 Å². The first-order valence-corrected chi connectivity index (χ1v) is 8.16. The maximum absolute atomic E-state index is 13.1. The van der Waals surface area contributed by atoms with E-state index in [9.17, 15) is 9.18 Å². The van der Waals surface area contributed by atoms with Crippen molar-refractivity contribution in [2.75, 3.05) is 5.32 Å². The van der Waals surface area contributed by atoms with Crippen LogP contribution < -0.4 is 5.32 Å². The fourth-order valence-corrected chi connectivity index (χ4v) is 2.83. The van der Waals surface area contributed by atoms with Gasteiger partial charge in [-0.05, 0) is 34.5 Å². The highest BCUT2D eigenvalue weighted by molar-refractivity contribution is 9.10. The maximum Gasteiger partial charge on any atom is 0.224 e. The molecule has 0 fully saturated rings. The minimum atomic E-state index is -0.434. The second-order valence-corrected chi connectivity index (χ2v) is 6.07. The second kappa shape index (κ2) is 9.35. The first-order chi connectivity index (χ1) is 9.54. The maximum atomic E-state index is 13.1. The molecule has 1 N–H and O–H groups in total. The molecule has 0 atom stereocenters. The quantitative estimate of drug-likeness (QED) is 0.569. The Kier molecular flexibility index (Phi) is 8.15. The van der Waals surface area contributed by atoms with Crippen LogP contribution in [0.2, 0.25) is 5.02 Å². The van der Waals surface area contributed by atoms with E-state index >= 15 is 0 Å². The average Bonchev–Trinajstić information content (AvgIpc) is 2.38. The second-order valence-electron chi connectivity index (χ2n) is 4.81. The summed E-state index contributed by atoms with van der Waals surface area (Å²) < 4.78 is 13.5. The fourth-order valence-electron chi connectivity index (χ4n) is 1.93. The van der Waals surface area contributed by atoms with Gasteiger partial charge in [0.2, 0.25) is 5.91 Å². The van der Waals surface area contributed by atoms with Crippen molar-refractivity contribution < 1.29 is 9.18 Å². The van der Waals surface area contributed by atoms with E-state index in [1.807, 2.05) is 0 Å². The van der Waals surface area contributed by atoms with Gasteiger partial charge in [-0.25, -0.2) is 4.39 Å². The Morgan fingerprint density at radius 2 is 1.90 bits per heavy atom. The molecule has 112 valence electrons. The molecule has 0 heterocycles. The predicted molar refractivity (Wildman–Crippen MR) is 85.7 cm³/mol. The molecule has 0 spiro atoms. The number of nitrogens with one attached hydrogen (secondary N) is 1. The zero-order chi connectivity index (χ0) is 15.0. The molecule has 0 bridgehead atoms. The van der Waals surface area contributed by atoms with E-state index in [2.05, 4.69) is 28.2 Å². The van der Waals surface area contributed by atoms with Gasteiger partial charge in [0.05, 0.1) is 10.7 Å². The number of benzene rings is 1. The molecule has 5 heteroatoms. The van der Waals surface area contributed by atoms with Gasteiger partial charge in [-0.1, -0.05) is 50.6 Å². The van der Waals surface area contributed by atoms with Crippen LogP contribution in [0, 0.1) is 5.82 Å². The Bertz CT molecular complexity index is 430. The molecule has 0 radical (unpaired) electrons. The van der Waals surface area contributed by atoms with Crippen molar-refractivity contribution in [3.8, 4) is 0 Å². The Hall–Kier alpha value is -0.610. The van der Waals surface area contributed by atoms with Crippen molar-refractivity contribution in [2.45, 2.75) is 51.9 Å². The minimum absolute atomic E-state index is 0.0882. The number of hydrogen-bond donors (Lipinski definition) is 1. The van der Waals surface area contributed by atoms with Crippen molar-refractivity contribution in [3.05, 3.63) is 27.4 Å². The van der Waals surface area contributed by atoms with Gasteiger partial charge in [-0.3, -0.25) is 4.79 Å². The Labute approximate surface area is 133 Å². The number of unbranched alkanes of at least 4 members (excludes halogenated alkanes) is 5. The Morgan fingerprint density at radius 3 is 2.55 bits per heavy atom. The number of halogens is 3. The normalized spacial score (nSPS) is 10.6. The van der Waals surface area contributed by atoms with Gasteiger partial charge >= 0.3 is 0 Å². The zero-order valence-electron chi connectivity index (χ0n) is 11.6. The van der Waals surface area contributed by atoms with E-state index < -0.39 is 5.82 Å². The van der Waals surface area contributed by atoms with Crippen LogP contribution in [-0.2, 0) is 4.79 Å². The summed E-state index contributed by atoms with van der Waals surface area (Å²) in [5, 5.41) is 2.93. The van der Waals surface area contributed by atoms with Crippen molar-refractivity contribution >= 4 is 39.1 Å². The SMILES string of the molecule is CCCCCCCCC(=O)Nc1c(Cl)cc(F)cc1Br. The Balaban J connectivity index is 2.36. The van der Waals surface area contributed by atoms with Gasteiger partial charge in [0.1, 0.15) is 5.82 Å². The third-order valence-corrected chi connectivity index (χ3v) is 3.95. The van der Waals surface area contributed by atoms with Crippen LogP contribution in [0.15, 0.2) is 16.6 Å². The third kappa shape index (κ3) is 6.23. The summed E-state index contributed by atoms with van der Waals surface area (Å²) in [5.74, 6) is -0.523. The predicted octanol–water partition coefficient (Wildman–Crippen LogP) is 5.93. The average molecular weight is 365 g/mol. The van der Waals surface area contributed by atoms with Gasteiger partial charge < -0.3 is 5.32 Å². The first-order valence-electron chi connectivity index (χ1n) is 6.99. The zero-order valence-corrected chi connectivity index (χ0v) is 14.0. The lowest BCUT2D eigenvalue weighted by Gasteiger charge is -2.09. The summed E-state index contributed by atoms with van der Waals surface area (Å²) in [6.45, 7) is 2.18. The number of rotatable bonds is 8. The van der Waals surface area contributed by atoms with Crippen LogP contribution in [0.5, 0.6) is 0 Å². The van der Waals surface area contributed by atoms with Gasteiger partial charge in [0.15, 0.2) is 0 Å². The minimum Gasteiger partial charge on any atom is -0.324 e. The van der Waals surface area contributed by atoms with Crippen molar-refractivity contribution in [1.29, 1.82) is 0 Å². The summed E-state index contributed by atoms with van der Waals surface area (Å²) in [5.41, 5.74) is 0.434. The summed E-state index contributed by atoms with van der Waals surface area (Å²) in [7, 11) is 0. The lowest BCUT2D eigenvalue weighted by Crippen LogP contribution is -2.12. The molecule has 0 aliphatic rings. The lowest BCUT2D eigenvalue weighted by molar-refractivity contribution is -0.116. The van der Waals surface area contributed by atoms with E-state index in [-0.39, 0.29) is 10.9 Å². The fraction of sp³-hybridized carbons (Fsp3) is 0.533. The van der Waals surface area contributed by atoms with E-state index in [0.717, 1.165) is 12.8 Å². The van der Waals surface area contributed by atoms with E-state index in [0.29, 0.717) is 16.6 Å². The van der Waals surface area contributed by atoms with Crippen LogP contribution in [0.1, 0.15) is 51.9 Å². The third-order valence-electron chi connectivity index (χ3n) is 3.03. The first kappa shape index (κ1) is 17.4. The number of carbonyl (C=O) groups is 1. The molecule has 0 aromatic heterocycles. The van der Waals surface area contributed by atoms with Gasteiger partial charge in [0.25, 0.3) is 0 Å². The highest BCUT2D eigenvalue weighted by Crippen LogP contribution is 2.31. The van der Waals surface area contributed by atoms with Crippen LogP contribution in [0.4, 0.5) is 10.1 Å². The molecule has 0 aliphatic carbocycles. The monoisotopic (exact) mass is 363 g/mol. The number of anilines is 1. The molecule has 0 unspecified atom stereocenters. The largest absolute Gasteiger partial charge is 0.324 e. The number of hydrogen-bond acceptors (Lipinski definition) is 1. The standard InChI is InChI=1S/C15H20BrClFNO/c1-2-3-4-5-6-7-8-14(20)19-15-12(16)9-11(18)10-13(15)17/h9-10H,2-8H2,1H3,(H,19,20). The molecule has 20 heavy (non-hydrogen) atoms. The molecule has 1 rings (SSSR count). The molecule has 0 aliphatic heterocycles. The van der Waals surface area contributed by atoms with Crippen molar-refractivity contribution in [2.24, 2.45) is 0 Å². The smallest absolute Gasteiger partial charge is 0.224 e. The molecular formula is C15H20BrClFNO. The topological polar surface area (TPSA) is 29.1 Å².